The van der Waals surface area contributed by atoms with E-state index in [0.29, 0.717) is 5.92 Å². The molecule has 0 aromatic heterocycles. The summed E-state index contributed by atoms with van der Waals surface area (Å²) in [6.07, 6.45) is 16.4. The summed E-state index contributed by atoms with van der Waals surface area (Å²) >= 11 is 0. The van der Waals surface area contributed by atoms with Gasteiger partial charge in [0.15, 0.2) is 0 Å². The van der Waals surface area contributed by atoms with Crippen molar-refractivity contribution in [2.24, 2.45) is 11.8 Å². The number of halogens is 1. The van der Waals surface area contributed by atoms with Crippen molar-refractivity contribution in [1.82, 2.24) is 0 Å². The third-order valence-electron chi connectivity index (χ3n) is 7.93. The maximum absolute atomic E-state index is 14.3. The van der Waals surface area contributed by atoms with E-state index in [0.717, 1.165) is 30.2 Å². The summed E-state index contributed by atoms with van der Waals surface area (Å²) in [7, 11) is -0.505. The molecule has 0 nitrogen and oxygen atoms in total. The average Bonchev–Trinajstić information content (AvgIpc) is 2.74. The van der Waals surface area contributed by atoms with E-state index in [1.54, 1.807) is 6.04 Å². The second-order valence-corrected chi connectivity index (χ2v) is 13.4. The van der Waals surface area contributed by atoms with Gasteiger partial charge in [0, 0.05) is 8.80 Å². The Morgan fingerprint density at radius 1 is 0.929 bits per heavy atom. The fourth-order valence-corrected chi connectivity index (χ4v) is 9.35. The molecule has 158 valence electrons. The van der Waals surface area contributed by atoms with Crippen LogP contribution in [0.1, 0.15) is 102 Å². The van der Waals surface area contributed by atoms with Crippen molar-refractivity contribution in [3.63, 3.8) is 0 Å². The van der Waals surface area contributed by atoms with E-state index in [2.05, 4.69) is 19.9 Å². The van der Waals surface area contributed by atoms with Gasteiger partial charge in [-0.1, -0.05) is 102 Å². The molecular weight excluding hydrogens is 359 g/mol. The molecule has 0 radical (unpaired) electrons. The Morgan fingerprint density at radius 2 is 1.64 bits per heavy atom. The molecule has 0 unspecified atom stereocenters. The van der Waals surface area contributed by atoms with Crippen LogP contribution in [0, 0.1) is 17.7 Å². The summed E-state index contributed by atoms with van der Waals surface area (Å²) in [5.41, 5.74) is 2.17. The number of unbranched alkanes of at least 4 members (excludes halogenated alkanes) is 1. The Hall–Kier alpha value is -0.633. The predicted octanol–water partition coefficient (Wildman–Crippen LogP) is 8.27. The summed E-state index contributed by atoms with van der Waals surface area (Å²) in [5.74, 6) is 2.75. The Kier molecular flexibility index (Phi) is 9.08. The van der Waals surface area contributed by atoms with Crippen LogP contribution in [-0.4, -0.2) is 8.80 Å². The van der Waals surface area contributed by atoms with Gasteiger partial charge in [0.1, 0.15) is 5.82 Å². The smallest absolute Gasteiger partial charge is 0.126 e. The summed E-state index contributed by atoms with van der Waals surface area (Å²) in [6.45, 7) is 4.48. The molecule has 0 spiro atoms. The van der Waals surface area contributed by atoms with Gasteiger partial charge in [-0.05, 0) is 54.2 Å². The molecule has 1 aromatic carbocycles. The standard InChI is InChI=1S/C26H43FSi/c1-3-7-24-13-14-25(20-26(24)27)23-15-18-28(19-16-23)17-6-5-8-22-11-9-21(4-2)10-12-22/h13-14,20-23,28H,3-12,15-19H2,1-2H3/t21-,22-,23-,28-. The molecule has 0 amide bonds. The Morgan fingerprint density at radius 3 is 2.29 bits per heavy atom. The van der Waals surface area contributed by atoms with Gasteiger partial charge in [0.25, 0.3) is 0 Å². The Labute approximate surface area is 175 Å². The van der Waals surface area contributed by atoms with Gasteiger partial charge < -0.3 is 0 Å². The summed E-state index contributed by atoms with van der Waals surface area (Å²) in [5, 5.41) is 0. The summed E-state index contributed by atoms with van der Waals surface area (Å²) in [4.78, 5) is 0. The molecule has 0 bridgehead atoms. The zero-order valence-electron chi connectivity index (χ0n) is 18.5. The zero-order valence-corrected chi connectivity index (χ0v) is 19.7. The van der Waals surface area contributed by atoms with Gasteiger partial charge in [-0.25, -0.2) is 4.39 Å². The summed E-state index contributed by atoms with van der Waals surface area (Å²) < 4.78 is 14.3. The van der Waals surface area contributed by atoms with E-state index in [1.165, 1.54) is 81.9 Å². The normalized spacial score (nSPS) is 28.4. The molecule has 1 saturated carbocycles. The molecule has 1 aliphatic heterocycles. The number of aryl methyl sites for hydroxylation is 1. The predicted molar refractivity (Wildman–Crippen MR) is 124 cm³/mol. The highest BCUT2D eigenvalue weighted by Gasteiger charge is 2.24. The topological polar surface area (TPSA) is 0 Å². The third kappa shape index (κ3) is 6.44. The molecule has 1 saturated heterocycles. The lowest BCUT2D eigenvalue weighted by atomic mass is 9.79. The van der Waals surface area contributed by atoms with Gasteiger partial charge in [0.2, 0.25) is 0 Å². The third-order valence-corrected chi connectivity index (χ3v) is 11.5. The Balaban J connectivity index is 1.32. The van der Waals surface area contributed by atoms with Crippen LogP contribution in [0.2, 0.25) is 18.1 Å². The first-order valence-corrected chi connectivity index (χ1v) is 14.9. The van der Waals surface area contributed by atoms with Crippen molar-refractivity contribution in [3.05, 3.63) is 35.1 Å². The molecule has 3 rings (SSSR count). The molecule has 1 aromatic rings. The number of rotatable bonds is 9. The maximum Gasteiger partial charge on any atom is 0.126 e. The lowest BCUT2D eigenvalue weighted by Crippen LogP contribution is -2.20. The van der Waals surface area contributed by atoms with Gasteiger partial charge in [-0.3, -0.25) is 0 Å². The second-order valence-electron chi connectivity index (χ2n) is 9.90. The van der Waals surface area contributed by atoms with Crippen molar-refractivity contribution in [2.45, 2.75) is 115 Å². The van der Waals surface area contributed by atoms with E-state index in [-0.39, 0.29) is 5.82 Å². The minimum absolute atomic E-state index is 0.0340. The fraction of sp³-hybridized carbons (Fsp3) is 0.769. The van der Waals surface area contributed by atoms with E-state index in [9.17, 15) is 4.39 Å². The lowest BCUT2D eigenvalue weighted by molar-refractivity contribution is 0.255. The first-order valence-electron chi connectivity index (χ1n) is 12.5. The van der Waals surface area contributed by atoms with Crippen LogP contribution in [0.25, 0.3) is 0 Å². The van der Waals surface area contributed by atoms with Crippen molar-refractivity contribution in [3.8, 4) is 0 Å². The van der Waals surface area contributed by atoms with Crippen LogP contribution >= 0.6 is 0 Å². The summed E-state index contributed by atoms with van der Waals surface area (Å²) in [6, 6.07) is 10.7. The lowest BCUT2D eigenvalue weighted by Gasteiger charge is -2.29. The first kappa shape index (κ1) is 22.1. The van der Waals surface area contributed by atoms with Gasteiger partial charge in [-0.15, -0.1) is 0 Å². The van der Waals surface area contributed by atoms with Crippen LogP contribution < -0.4 is 0 Å². The van der Waals surface area contributed by atoms with Crippen molar-refractivity contribution >= 4 is 8.80 Å². The molecule has 2 aliphatic rings. The highest BCUT2D eigenvalue weighted by molar-refractivity contribution is 6.59. The Bertz CT molecular complexity index is 568. The van der Waals surface area contributed by atoms with Crippen LogP contribution in [0.4, 0.5) is 4.39 Å². The molecule has 0 atom stereocenters. The van der Waals surface area contributed by atoms with Crippen molar-refractivity contribution < 1.29 is 4.39 Å². The quantitative estimate of drug-likeness (QED) is 0.288. The van der Waals surface area contributed by atoms with Crippen LogP contribution in [0.3, 0.4) is 0 Å². The SMILES string of the molecule is CCCc1ccc([C@H]2CC[Si@H](CCCC[C@H]3CC[C@H](CC)CC3)CC2)cc1F. The molecule has 1 heterocycles. The first-order chi connectivity index (χ1) is 13.7. The van der Waals surface area contributed by atoms with Gasteiger partial charge in [0.05, 0.1) is 0 Å². The monoisotopic (exact) mass is 402 g/mol. The number of hydrogen-bond donors (Lipinski definition) is 0. The van der Waals surface area contributed by atoms with Gasteiger partial charge in [-0.2, -0.15) is 0 Å². The molecule has 2 heteroatoms. The van der Waals surface area contributed by atoms with E-state index in [4.69, 9.17) is 0 Å². The van der Waals surface area contributed by atoms with E-state index < -0.39 is 8.80 Å². The number of benzene rings is 1. The van der Waals surface area contributed by atoms with Crippen LogP contribution in [0.15, 0.2) is 18.2 Å². The maximum atomic E-state index is 14.3. The van der Waals surface area contributed by atoms with Crippen molar-refractivity contribution in [1.29, 1.82) is 0 Å². The highest BCUT2D eigenvalue weighted by Crippen LogP contribution is 2.37. The number of hydrogen-bond acceptors (Lipinski definition) is 0. The highest BCUT2D eigenvalue weighted by atomic mass is 28.3. The minimum Gasteiger partial charge on any atom is -0.207 e. The van der Waals surface area contributed by atoms with Crippen molar-refractivity contribution in [2.75, 3.05) is 0 Å². The van der Waals surface area contributed by atoms with E-state index >= 15 is 0 Å². The zero-order chi connectivity index (χ0) is 19.8. The van der Waals surface area contributed by atoms with E-state index in [1.807, 2.05) is 12.1 Å². The second kappa shape index (κ2) is 11.5. The molecule has 1 aliphatic carbocycles. The molecule has 0 N–H and O–H groups in total. The van der Waals surface area contributed by atoms with Crippen LogP contribution in [0.5, 0.6) is 0 Å². The van der Waals surface area contributed by atoms with Crippen LogP contribution in [-0.2, 0) is 6.42 Å². The molecular formula is C26H43FSi. The molecule has 2 fully saturated rings. The van der Waals surface area contributed by atoms with Gasteiger partial charge >= 0.3 is 0 Å². The molecule has 28 heavy (non-hydrogen) atoms. The minimum atomic E-state index is -0.505. The average molecular weight is 403 g/mol. The largest absolute Gasteiger partial charge is 0.207 e. The fourth-order valence-electron chi connectivity index (χ4n) is 5.87.